The Morgan fingerprint density at radius 3 is 2.63 bits per heavy atom. The molecule has 0 spiro atoms. The molecule has 2 atom stereocenters. The van der Waals surface area contributed by atoms with Gasteiger partial charge in [0.2, 0.25) is 0 Å². The summed E-state index contributed by atoms with van der Waals surface area (Å²) < 4.78 is 0. The first-order chi connectivity index (χ1) is 8.99. The van der Waals surface area contributed by atoms with Gasteiger partial charge >= 0.3 is 12.0 Å². The maximum absolute atomic E-state index is 12.4. The minimum absolute atomic E-state index is 0.00579. The lowest BCUT2D eigenvalue weighted by Crippen LogP contribution is -2.49. The molecule has 0 aliphatic carbocycles. The lowest BCUT2D eigenvalue weighted by molar-refractivity contribution is -0.143. The molecular weight excluding hydrogens is 244 g/mol. The van der Waals surface area contributed by atoms with E-state index in [0.29, 0.717) is 32.0 Å². The number of carbonyl (C=O) groups excluding carboxylic acids is 1. The third-order valence-corrected chi connectivity index (χ3v) is 3.92. The second kappa shape index (κ2) is 7.36. The molecule has 1 aliphatic heterocycles. The average molecular weight is 270 g/mol. The smallest absolute Gasteiger partial charge is 0.320 e. The van der Waals surface area contributed by atoms with E-state index in [1.807, 2.05) is 11.8 Å². The standard InChI is InChI=1S/C14H26N2O3/c1-4-11(3)9-15(5-2)14(19)16-8-6-7-12(10-16)13(17)18/h11-12H,4-10H2,1-3H3,(H,17,18)/t11?,12-/m0/s1. The van der Waals surface area contributed by atoms with Crippen molar-refractivity contribution < 1.29 is 14.7 Å². The molecule has 1 N–H and O–H groups in total. The van der Waals surface area contributed by atoms with Gasteiger partial charge in [0.25, 0.3) is 0 Å². The Kier molecular flexibility index (Phi) is 6.12. The summed E-state index contributed by atoms with van der Waals surface area (Å²) in [4.78, 5) is 27.0. The molecule has 0 radical (unpaired) electrons. The summed E-state index contributed by atoms with van der Waals surface area (Å²) >= 11 is 0. The van der Waals surface area contributed by atoms with Crippen molar-refractivity contribution >= 4 is 12.0 Å². The zero-order valence-electron chi connectivity index (χ0n) is 12.3. The van der Waals surface area contributed by atoms with Crippen LogP contribution < -0.4 is 0 Å². The molecule has 1 fully saturated rings. The van der Waals surface area contributed by atoms with E-state index in [1.54, 1.807) is 4.90 Å². The van der Waals surface area contributed by atoms with E-state index in [-0.39, 0.29) is 6.03 Å². The Bertz CT molecular complexity index is 320. The van der Waals surface area contributed by atoms with Crippen molar-refractivity contribution in [3.63, 3.8) is 0 Å². The summed E-state index contributed by atoms with van der Waals surface area (Å²) in [5.41, 5.74) is 0. The fourth-order valence-corrected chi connectivity index (χ4v) is 2.40. The van der Waals surface area contributed by atoms with Crippen molar-refractivity contribution in [2.45, 2.75) is 40.0 Å². The van der Waals surface area contributed by atoms with Crippen LogP contribution in [0.5, 0.6) is 0 Å². The number of urea groups is 1. The third-order valence-electron chi connectivity index (χ3n) is 3.92. The summed E-state index contributed by atoms with van der Waals surface area (Å²) in [5.74, 6) is -0.716. The number of carboxylic acid groups (broad SMARTS) is 1. The number of aliphatic carboxylic acids is 1. The highest BCUT2D eigenvalue weighted by atomic mass is 16.4. The van der Waals surface area contributed by atoms with Crippen LogP contribution in [0.2, 0.25) is 0 Å². The van der Waals surface area contributed by atoms with Crippen LogP contribution in [0.4, 0.5) is 4.79 Å². The first kappa shape index (κ1) is 15.8. The van der Waals surface area contributed by atoms with Crippen molar-refractivity contribution in [1.82, 2.24) is 9.80 Å². The monoisotopic (exact) mass is 270 g/mol. The summed E-state index contributed by atoms with van der Waals surface area (Å²) in [6.07, 6.45) is 2.50. The second-order valence-electron chi connectivity index (χ2n) is 5.46. The van der Waals surface area contributed by atoms with E-state index in [2.05, 4.69) is 13.8 Å². The molecule has 0 aromatic rings. The van der Waals surface area contributed by atoms with Crippen LogP contribution in [-0.4, -0.2) is 53.1 Å². The third kappa shape index (κ3) is 4.40. The summed E-state index contributed by atoms with van der Waals surface area (Å²) in [7, 11) is 0. The molecule has 0 aromatic heterocycles. The van der Waals surface area contributed by atoms with Gasteiger partial charge in [-0.05, 0) is 25.7 Å². The number of hydrogen-bond acceptors (Lipinski definition) is 2. The number of rotatable bonds is 5. The Hall–Kier alpha value is -1.26. The van der Waals surface area contributed by atoms with Gasteiger partial charge in [-0.2, -0.15) is 0 Å². The van der Waals surface area contributed by atoms with Crippen LogP contribution in [0.15, 0.2) is 0 Å². The Balaban J connectivity index is 2.61. The van der Waals surface area contributed by atoms with Gasteiger partial charge in [0.1, 0.15) is 0 Å². The molecule has 1 aliphatic rings. The molecule has 2 amide bonds. The zero-order chi connectivity index (χ0) is 14.4. The van der Waals surface area contributed by atoms with Crippen LogP contribution in [-0.2, 0) is 4.79 Å². The highest BCUT2D eigenvalue weighted by Crippen LogP contribution is 2.18. The minimum atomic E-state index is -0.789. The molecule has 5 heteroatoms. The summed E-state index contributed by atoms with van der Waals surface area (Å²) in [6, 6.07) is -0.00579. The highest BCUT2D eigenvalue weighted by molar-refractivity contribution is 5.76. The van der Waals surface area contributed by atoms with Gasteiger partial charge in [0.15, 0.2) is 0 Å². The molecule has 19 heavy (non-hydrogen) atoms. The largest absolute Gasteiger partial charge is 0.481 e. The lowest BCUT2D eigenvalue weighted by Gasteiger charge is -2.35. The molecule has 0 bridgehead atoms. The van der Waals surface area contributed by atoms with E-state index in [0.717, 1.165) is 19.4 Å². The first-order valence-corrected chi connectivity index (χ1v) is 7.26. The number of amides is 2. The van der Waals surface area contributed by atoms with Crippen LogP contribution in [0.3, 0.4) is 0 Å². The topological polar surface area (TPSA) is 60.9 Å². The fraction of sp³-hybridized carbons (Fsp3) is 0.857. The number of carboxylic acids is 1. The van der Waals surface area contributed by atoms with Crippen LogP contribution in [0.25, 0.3) is 0 Å². The first-order valence-electron chi connectivity index (χ1n) is 7.26. The van der Waals surface area contributed by atoms with Crippen molar-refractivity contribution in [2.75, 3.05) is 26.2 Å². The van der Waals surface area contributed by atoms with Gasteiger partial charge in [-0.1, -0.05) is 20.3 Å². The maximum Gasteiger partial charge on any atom is 0.320 e. The molecular formula is C14H26N2O3. The van der Waals surface area contributed by atoms with Crippen molar-refractivity contribution in [1.29, 1.82) is 0 Å². The molecule has 1 unspecified atom stereocenters. The Morgan fingerprint density at radius 2 is 2.11 bits per heavy atom. The zero-order valence-corrected chi connectivity index (χ0v) is 12.3. The molecule has 1 heterocycles. The average Bonchev–Trinajstić information content (AvgIpc) is 2.43. The van der Waals surface area contributed by atoms with Crippen molar-refractivity contribution in [2.24, 2.45) is 11.8 Å². The fourth-order valence-electron chi connectivity index (χ4n) is 2.40. The number of carbonyl (C=O) groups is 2. The molecule has 1 rings (SSSR count). The second-order valence-corrected chi connectivity index (χ2v) is 5.46. The number of likely N-dealkylation sites (tertiary alicyclic amines) is 1. The predicted molar refractivity (Wildman–Crippen MR) is 74.0 cm³/mol. The SMILES string of the molecule is CCC(C)CN(CC)C(=O)N1CCC[C@H](C(=O)O)C1. The van der Waals surface area contributed by atoms with E-state index in [1.165, 1.54) is 0 Å². The maximum atomic E-state index is 12.4. The van der Waals surface area contributed by atoms with Crippen LogP contribution in [0.1, 0.15) is 40.0 Å². The summed E-state index contributed by atoms with van der Waals surface area (Å²) in [5, 5.41) is 9.07. The lowest BCUT2D eigenvalue weighted by atomic mass is 9.98. The molecule has 0 saturated carbocycles. The van der Waals surface area contributed by atoms with Gasteiger partial charge < -0.3 is 14.9 Å². The number of hydrogen-bond donors (Lipinski definition) is 1. The van der Waals surface area contributed by atoms with Gasteiger partial charge in [-0.15, -0.1) is 0 Å². The van der Waals surface area contributed by atoms with Crippen LogP contribution >= 0.6 is 0 Å². The van der Waals surface area contributed by atoms with Gasteiger partial charge in [-0.25, -0.2) is 4.79 Å². The van der Waals surface area contributed by atoms with Crippen molar-refractivity contribution in [3.05, 3.63) is 0 Å². The Morgan fingerprint density at radius 1 is 1.42 bits per heavy atom. The van der Waals surface area contributed by atoms with Crippen LogP contribution in [0, 0.1) is 11.8 Å². The number of piperidine rings is 1. The minimum Gasteiger partial charge on any atom is -0.481 e. The molecule has 0 aromatic carbocycles. The predicted octanol–water partition coefficient (Wildman–Crippen LogP) is 2.27. The quantitative estimate of drug-likeness (QED) is 0.833. The van der Waals surface area contributed by atoms with E-state index >= 15 is 0 Å². The highest BCUT2D eigenvalue weighted by Gasteiger charge is 2.30. The van der Waals surface area contributed by atoms with Gasteiger partial charge in [0, 0.05) is 26.2 Å². The van der Waals surface area contributed by atoms with Gasteiger partial charge in [-0.3, -0.25) is 4.79 Å². The van der Waals surface area contributed by atoms with E-state index < -0.39 is 11.9 Å². The normalized spacial score (nSPS) is 21.0. The molecule has 1 saturated heterocycles. The van der Waals surface area contributed by atoms with E-state index in [9.17, 15) is 9.59 Å². The Labute approximate surface area is 115 Å². The van der Waals surface area contributed by atoms with E-state index in [4.69, 9.17) is 5.11 Å². The summed E-state index contributed by atoms with van der Waals surface area (Å²) in [6.45, 7) is 8.68. The molecule has 110 valence electrons. The number of nitrogens with zero attached hydrogens (tertiary/aromatic N) is 2. The van der Waals surface area contributed by atoms with Crippen molar-refractivity contribution in [3.8, 4) is 0 Å². The van der Waals surface area contributed by atoms with Gasteiger partial charge in [0.05, 0.1) is 5.92 Å². The molecule has 5 nitrogen and oxygen atoms in total.